The van der Waals surface area contributed by atoms with E-state index in [1.54, 1.807) is 54.0 Å². The number of urea groups is 1. The number of carbonyl (C=O) groups excluding carboxylic acids is 3. The van der Waals surface area contributed by atoms with Gasteiger partial charge in [-0.25, -0.2) is 10.3 Å². The van der Waals surface area contributed by atoms with Crippen LogP contribution in [0.1, 0.15) is 32.1 Å². The van der Waals surface area contributed by atoms with Crippen LogP contribution in [0.3, 0.4) is 0 Å². The molecule has 160 valence electrons. The quantitative estimate of drug-likeness (QED) is 0.222. The molecule has 2 aromatic rings. The highest BCUT2D eigenvalue weighted by molar-refractivity contribution is 6.30. The lowest BCUT2D eigenvalue weighted by molar-refractivity contribution is -0.129. The van der Waals surface area contributed by atoms with Crippen LogP contribution in [-0.4, -0.2) is 29.1 Å². The van der Waals surface area contributed by atoms with E-state index in [-0.39, 0.29) is 12.3 Å². The SMILES string of the molecule is O=C(CCCCCC(NC(=O)Nc1cccc(Cl)c1)C(=O)Nc1ccccc1)NO. The lowest BCUT2D eigenvalue weighted by Gasteiger charge is -2.19. The maximum absolute atomic E-state index is 12.7. The highest BCUT2D eigenvalue weighted by Gasteiger charge is 2.21. The summed E-state index contributed by atoms with van der Waals surface area (Å²) in [7, 11) is 0. The van der Waals surface area contributed by atoms with Crippen LogP contribution in [0.25, 0.3) is 0 Å². The average molecular weight is 433 g/mol. The molecule has 9 heteroatoms. The molecule has 1 atom stereocenters. The summed E-state index contributed by atoms with van der Waals surface area (Å²) in [4.78, 5) is 36.1. The van der Waals surface area contributed by atoms with Crippen molar-refractivity contribution in [2.24, 2.45) is 0 Å². The third-order valence-electron chi connectivity index (χ3n) is 4.27. The van der Waals surface area contributed by atoms with Gasteiger partial charge in [0.2, 0.25) is 11.8 Å². The fourth-order valence-corrected chi connectivity index (χ4v) is 2.97. The summed E-state index contributed by atoms with van der Waals surface area (Å²) in [6.07, 6.45) is 2.43. The molecule has 4 amide bonds. The Balaban J connectivity index is 1.93. The minimum absolute atomic E-state index is 0.195. The minimum Gasteiger partial charge on any atom is -0.326 e. The van der Waals surface area contributed by atoms with Crippen molar-refractivity contribution in [3.8, 4) is 0 Å². The Hall–Kier alpha value is -3.10. The highest BCUT2D eigenvalue weighted by Crippen LogP contribution is 2.15. The van der Waals surface area contributed by atoms with Crippen LogP contribution >= 0.6 is 11.6 Å². The number of halogens is 1. The van der Waals surface area contributed by atoms with E-state index in [0.717, 1.165) is 0 Å². The molecule has 0 fully saturated rings. The van der Waals surface area contributed by atoms with E-state index in [9.17, 15) is 14.4 Å². The smallest absolute Gasteiger partial charge is 0.319 e. The van der Waals surface area contributed by atoms with E-state index in [0.29, 0.717) is 42.1 Å². The monoisotopic (exact) mass is 432 g/mol. The molecule has 0 saturated carbocycles. The van der Waals surface area contributed by atoms with Crippen LogP contribution in [0.2, 0.25) is 5.02 Å². The first kappa shape index (κ1) is 23.2. The predicted molar refractivity (Wildman–Crippen MR) is 115 cm³/mol. The second-order valence-corrected chi connectivity index (χ2v) is 7.09. The summed E-state index contributed by atoms with van der Waals surface area (Å²) in [5, 5.41) is 17.1. The number of hydrogen-bond donors (Lipinski definition) is 5. The predicted octanol–water partition coefficient (Wildman–Crippen LogP) is 3.92. The topological polar surface area (TPSA) is 120 Å². The summed E-state index contributed by atoms with van der Waals surface area (Å²) >= 11 is 5.93. The van der Waals surface area contributed by atoms with Crippen LogP contribution in [0.5, 0.6) is 0 Å². The van der Waals surface area contributed by atoms with Gasteiger partial charge >= 0.3 is 6.03 Å². The Kier molecular flexibility index (Phi) is 9.63. The van der Waals surface area contributed by atoms with Crippen molar-refractivity contribution in [2.75, 3.05) is 10.6 Å². The molecule has 2 rings (SSSR count). The number of rotatable bonds is 10. The summed E-state index contributed by atoms with van der Waals surface area (Å²) < 4.78 is 0. The zero-order valence-corrected chi connectivity index (χ0v) is 17.1. The van der Waals surface area contributed by atoms with Crippen molar-refractivity contribution >= 4 is 40.8 Å². The summed E-state index contributed by atoms with van der Waals surface area (Å²) in [5.74, 6) is -0.789. The summed E-state index contributed by atoms with van der Waals surface area (Å²) in [5.41, 5.74) is 2.73. The second-order valence-electron chi connectivity index (χ2n) is 6.65. The third-order valence-corrected chi connectivity index (χ3v) is 4.50. The Morgan fingerprint density at radius 3 is 2.33 bits per heavy atom. The Morgan fingerprint density at radius 1 is 0.900 bits per heavy atom. The number of benzene rings is 2. The van der Waals surface area contributed by atoms with Gasteiger partial charge in [-0.1, -0.05) is 48.7 Å². The summed E-state index contributed by atoms with van der Waals surface area (Å²) in [6, 6.07) is 14.4. The number of carbonyl (C=O) groups is 3. The van der Waals surface area contributed by atoms with Gasteiger partial charge in [0.25, 0.3) is 0 Å². The zero-order valence-electron chi connectivity index (χ0n) is 16.4. The number of nitrogens with one attached hydrogen (secondary N) is 4. The van der Waals surface area contributed by atoms with Crippen LogP contribution in [0.4, 0.5) is 16.2 Å². The standard InChI is InChI=1S/C21H25ClN4O4/c22-15-8-7-11-17(14-15)24-21(29)25-18(12-5-2-6-13-19(27)26-30)20(28)23-16-9-3-1-4-10-16/h1,3-4,7-11,14,18,30H,2,5-6,12-13H2,(H,23,28)(H,26,27)(H2,24,25,29). The molecule has 0 aliphatic rings. The fraction of sp³-hybridized carbons (Fsp3) is 0.286. The molecule has 5 N–H and O–H groups in total. The van der Waals surface area contributed by atoms with E-state index in [2.05, 4.69) is 16.0 Å². The van der Waals surface area contributed by atoms with Gasteiger partial charge in [-0.05, 0) is 43.2 Å². The van der Waals surface area contributed by atoms with Crippen molar-refractivity contribution in [1.82, 2.24) is 10.8 Å². The van der Waals surface area contributed by atoms with Gasteiger partial charge in [0.05, 0.1) is 0 Å². The van der Waals surface area contributed by atoms with Gasteiger partial charge in [0.1, 0.15) is 6.04 Å². The molecule has 0 aromatic heterocycles. The Labute approximate surface area is 180 Å². The van der Waals surface area contributed by atoms with Crippen LogP contribution in [0.15, 0.2) is 54.6 Å². The molecule has 2 aromatic carbocycles. The number of unbranched alkanes of at least 4 members (excludes halogenated alkanes) is 2. The number of amides is 4. The summed E-state index contributed by atoms with van der Waals surface area (Å²) in [6.45, 7) is 0. The molecular weight excluding hydrogens is 408 g/mol. The van der Waals surface area contributed by atoms with Gasteiger partial charge in [-0.3, -0.25) is 14.8 Å². The molecule has 0 aliphatic heterocycles. The van der Waals surface area contributed by atoms with Crippen molar-refractivity contribution in [3.63, 3.8) is 0 Å². The lowest BCUT2D eigenvalue weighted by Crippen LogP contribution is -2.45. The maximum Gasteiger partial charge on any atom is 0.319 e. The van der Waals surface area contributed by atoms with E-state index in [1.165, 1.54) is 0 Å². The van der Waals surface area contributed by atoms with E-state index < -0.39 is 18.0 Å². The largest absolute Gasteiger partial charge is 0.326 e. The first-order chi connectivity index (χ1) is 14.5. The molecule has 0 saturated heterocycles. The first-order valence-corrected chi connectivity index (χ1v) is 9.97. The molecule has 0 aliphatic carbocycles. The molecular formula is C21H25ClN4O4. The third kappa shape index (κ3) is 8.50. The molecule has 1 unspecified atom stereocenters. The van der Waals surface area contributed by atoms with Crippen LogP contribution in [0, 0.1) is 0 Å². The van der Waals surface area contributed by atoms with Gasteiger partial charge in [-0.2, -0.15) is 0 Å². The number of para-hydroxylation sites is 1. The Morgan fingerprint density at radius 2 is 1.63 bits per heavy atom. The molecule has 0 bridgehead atoms. The molecule has 30 heavy (non-hydrogen) atoms. The number of anilines is 2. The number of hydroxylamine groups is 1. The van der Waals surface area contributed by atoms with Gasteiger partial charge in [0, 0.05) is 22.8 Å². The van der Waals surface area contributed by atoms with Gasteiger partial charge < -0.3 is 16.0 Å². The van der Waals surface area contributed by atoms with Crippen molar-refractivity contribution in [3.05, 3.63) is 59.6 Å². The van der Waals surface area contributed by atoms with E-state index >= 15 is 0 Å². The van der Waals surface area contributed by atoms with Crippen molar-refractivity contribution in [1.29, 1.82) is 0 Å². The minimum atomic E-state index is -0.768. The van der Waals surface area contributed by atoms with E-state index in [1.807, 2.05) is 6.07 Å². The highest BCUT2D eigenvalue weighted by atomic mass is 35.5. The molecule has 0 spiro atoms. The Bertz CT molecular complexity index is 848. The van der Waals surface area contributed by atoms with Crippen LogP contribution < -0.4 is 21.4 Å². The van der Waals surface area contributed by atoms with Crippen molar-refractivity contribution in [2.45, 2.75) is 38.1 Å². The second kappa shape index (κ2) is 12.5. The number of hydrogen-bond acceptors (Lipinski definition) is 4. The van der Waals surface area contributed by atoms with Crippen molar-refractivity contribution < 1.29 is 19.6 Å². The average Bonchev–Trinajstić information content (AvgIpc) is 2.73. The fourth-order valence-electron chi connectivity index (χ4n) is 2.78. The maximum atomic E-state index is 12.7. The molecule has 8 nitrogen and oxygen atoms in total. The van der Waals surface area contributed by atoms with E-state index in [4.69, 9.17) is 16.8 Å². The lowest BCUT2D eigenvalue weighted by atomic mass is 10.1. The molecule has 0 radical (unpaired) electrons. The normalized spacial score (nSPS) is 11.3. The first-order valence-electron chi connectivity index (χ1n) is 9.60. The molecule has 0 heterocycles. The zero-order chi connectivity index (χ0) is 21.8. The van der Waals surface area contributed by atoms with Gasteiger partial charge in [0.15, 0.2) is 0 Å². The van der Waals surface area contributed by atoms with Crippen LogP contribution in [-0.2, 0) is 9.59 Å². The van der Waals surface area contributed by atoms with Gasteiger partial charge in [-0.15, -0.1) is 0 Å².